The molecule has 4 heteroatoms. The molecule has 1 heterocycles. The van der Waals surface area contributed by atoms with Crippen molar-refractivity contribution in [3.63, 3.8) is 0 Å². The van der Waals surface area contributed by atoms with Gasteiger partial charge in [0.25, 0.3) is 0 Å². The lowest BCUT2D eigenvalue weighted by Gasteiger charge is -2.32. The van der Waals surface area contributed by atoms with Gasteiger partial charge in [-0.1, -0.05) is 44.2 Å². The van der Waals surface area contributed by atoms with Gasteiger partial charge in [0, 0.05) is 19.5 Å². The van der Waals surface area contributed by atoms with E-state index in [1.54, 1.807) is 0 Å². The molecule has 1 atom stereocenters. The number of aliphatic carboxylic acids is 1. The zero-order valence-electron chi connectivity index (χ0n) is 13.4. The van der Waals surface area contributed by atoms with Crippen LogP contribution in [0.25, 0.3) is 0 Å². The second-order valence-corrected chi connectivity index (χ2v) is 6.46. The molecule has 1 N–H and O–H groups in total. The van der Waals surface area contributed by atoms with Crippen molar-refractivity contribution in [3.8, 4) is 0 Å². The van der Waals surface area contributed by atoms with E-state index in [1.165, 1.54) is 5.56 Å². The third-order valence-electron chi connectivity index (χ3n) is 4.62. The molecule has 22 heavy (non-hydrogen) atoms. The predicted molar refractivity (Wildman–Crippen MR) is 85.6 cm³/mol. The highest BCUT2D eigenvalue weighted by molar-refractivity contribution is 5.78. The number of nitrogens with zero attached hydrogens (tertiary/aromatic N) is 1. The van der Waals surface area contributed by atoms with Crippen LogP contribution < -0.4 is 0 Å². The van der Waals surface area contributed by atoms with Crippen molar-refractivity contribution in [1.82, 2.24) is 4.90 Å². The normalized spacial score (nSPS) is 17.5. The first kappa shape index (κ1) is 16.5. The van der Waals surface area contributed by atoms with Gasteiger partial charge < -0.3 is 10.0 Å². The van der Waals surface area contributed by atoms with Crippen molar-refractivity contribution in [3.05, 3.63) is 35.9 Å². The third kappa shape index (κ3) is 4.09. The second-order valence-electron chi connectivity index (χ2n) is 6.46. The number of benzene rings is 1. The van der Waals surface area contributed by atoms with E-state index in [0.29, 0.717) is 38.3 Å². The van der Waals surface area contributed by atoms with Gasteiger partial charge in [-0.3, -0.25) is 9.59 Å². The van der Waals surface area contributed by atoms with Crippen LogP contribution in [-0.2, 0) is 9.59 Å². The fourth-order valence-corrected chi connectivity index (χ4v) is 3.13. The summed E-state index contributed by atoms with van der Waals surface area (Å²) in [7, 11) is 0. The van der Waals surface area contributed by atoms with Gasteiger partial charge in [-0.2, -0.15) is 0 Å². The molecule has 0 spiro atoms. The summed E-state index contributed by atoms with van der Waals surface area (Å²) in [6, 6.07) is 10.2. The van der Waals surface area contributed by atoms with Crippen LogP contribution in [0.5, 0.6) is 0 Å². The van der Waals surface area contributed by atoms with Crippen LogP contribution in [0.15, 0.2) is 30.3 Å². The van der Waals surface area contributed by atoms with Crippen LogP contribution in [0, 0.1) is 11.8 Å². The number of hydrogen-bond acceptors (Lipinski definition) is 2. The number of likely N-dealkylation sites (tertiary alicyclic amines) is 1. The van der Waals surface area contributed by atoms with Crippen molar-refractivity contribution in [2.75, 3.05) is 13.1 Å². The van der Waals surface area contributed by atoms with E-state index >= 15 is 0 Å². The highest BCUT2D eigenvalue weighted by Gasteiger charge is 2.29. The molecule has 1 aliphatic rings. The minimum absolute atomic E-state index is 0.145. The number of carboxylic acid groups (broad SMARTS) is 1. The maximum atomic E-state index is 12.5. The van der Waals surface area contributed by atoms with Crippen LogP contribution in [0.4, 0.5) is 0 Å². The standard InChI is InChI=1S/C18H25NO3/c1-13(2)16(14-6-4-3-5-7-14)12-17(20)19-10-8-15(9-11-19)18(21)22/h3-7,13,15-16H,8-12H2,1-2H3,(H,21,22). The van der Waals surface area contributed by atoms with E-state index in [-0.39, 0.29) is 17.7 Å². The van der Waals surface area contributed by atoms with E-state index in [0.717, 1.165) is 0 Å². The Morgan fingerprint density at radius 2 is 1.77 bits per heavy atom. The molecule has 0 saturated carbocycles. The number of rotatable bonds is 5. The SMILES string of the molecule is CC(C)C(CC(=O)N1CCC(C(=O)O)CC1)c1ccccc1. The molecule has 0 bridgehead atoms. The first-order valence-corrected chi connectivity index (χ1v) is 8.04. The summed E-state index contributed by atoms with van der Waals surface area (Å²) in [5, 5.41) is 9.03. The summed E-state index contributed by atoms with van der Waals surface area (Å²) >= 11 is 0. The Balaban J connectivity index is 1.97. The lowest BCUT2D eigenvalue weighted by molar-refractivity contribution is -0.145. The molecule has 0 radical (unpaired) electrons. The average molecular weight is 303 g/mol. The summed E-state index contributed by atoms with van der Waals surface area (Å²) in [5.41, 5.74) is 1.20. The Morgan fingerprint density at radius 3 is 2.27 bits per heavy atom. The molecule has 0 aliphatic carbocycles. The van der Waals surface area contributed by atoms with Crippen LogP contribution >= 0.6 is 0 Å². The Kier molecular flexibility index (Phi) is 5.58. The number of amides is 1. The molecule has 1 aromatic carbocycles. The zero-order chi connectivity index (χ0) is 16.1. The summed E-state index contributed by atoms with van der Waals surface area (Å²) in [6.45, 7) is 5.41. The van der Waals surface area contributed by atoms with Crippen molar-refractivity contribution >= 4 is 11.9 Å². The number of carboxylic acids is 1. The van der Waals surface area contributed by atoms with Crippen LogP contribution in [0.2, 0.25) is 0 Å². The first-order chi connectivity index (χ1) is 10.5. The lowest BCUT2D eigenvalue weighted by atomic mass is 9.85. The highest BCUT2D eigenvalue weighted by Crippen LogP contribution is 2.29. The smallest absolute Gasteiger partial charge is 0.306 e. The first-order valence-electron chi connectivity index (χ1n) is 8.04. The van der Waals surface area contributed by atoms with Gasteiger partial charge in [-0.25, -0.2) is 0 Å². The van der Waals surface area contributed by atoms with E-state index in [9.17, 15) is 9.59 Å². The van der Waals surface area contributed by atoms with E-state index < -0.39 is 5.97 Å². The monoisotopic (exact) mass is 303 g/mol. The second kappa shape index (κ2) is 7.43. The maximum absolute atomic E-state index is 12.5. The molecule has 1 unspecified atom stereocenters. The quantitative estimate of drug-likeness (QED) is 0.909. The molecule has 1 saturated heterocycles. The van der Waals surface area contributed by atoms with Crippen molar-refractivity contribution in [2.24, 2.45) is 11.8 Å². The summed E-state index contributed by atoms with van der Waals surface area (Å²) in [4.78, 5) is 25.4. The Labute approximate surface area is 132 Å². The van der Waals surface area contributed by atoms with Crippen LogP contribution in [0.1, 0.15) is 44.6 Å². The molecule has 1 fully saturated rings. The molecule has 1 amide bonds. The average Bonchev–Trinajstić information content (AvgIpc) is 2.53. The van der Waals surface area contributed by atoms with E-state index in [1.807, 2.05) is 23.1 Å². The zero-order valence-corrected chi connectivity index (χ0v) is 13.4. The van der Waals surface area contributed by atoms with Gasteiger partial charge in [0.05, 0.1) is 5.92 Å². The maximum Gasteiger partial charge on any atom is 0.306 e. The summed E-state index contributed by atoms with van der Waals surface area (Å²) in [6.07, 6.45) is 1.64. The molecule has 2 rings (SSSR count). The van der Waals surface area contributed by atoms with Gasteiger partial charge in [-0.15, -0.1) is 0 Å². The van der Waals surface area contributed by atoms with Crippen molar-refractivity contribution < 1.29 is 14.7 Å². The van der Waals surface area contributed by atoms with Gasteiger partial charge in [0.2, 0.25) is 5.91 Å². The van der Waals surface area contributed by atoms with Gasteiger partial charge >= 0.3 is 5.97 Å². The molecule has 0 aromatic heterocycles. The van der Waals surface area contributed by atoms with Crippen molar-refractivity contribution in [2.45, 2.75) is 39.0 Å². The number of hydrogen-bond donors (Lipinski definition) is 1. The molecule has 1 aliphatic heterocycles. The lowest BCUT2D eigenvalue weighted by Crippen LogP contribution is -2.41. The number of piperidine rings is 1. The predicted octanol–water partition coefficient (Wildman–Crippen LogP) is 3.14. The fraction of sp³-hybridized carbons (Fsp3) is 0.556. The van der Waals surface area contributed by atoms with E-state index in [4.69, 9.17) is 5.11 Å². The van der Waals surface area contributed by atoms with Crippen molar-refractivity contribution in [1.29, 1.82) is 0 Å². The topological polar surface area (TPSA) is 57.6 Å². The molecular formula is C18H25NO3. The summed E-state index contributed by atoms with van der Waals surface area (Å²) < 4.78 is 0. The Hall–Kier alpha value is -1.84. The number of carbonyl (C=O) groups is 2. The highest BCUT2D eigenvalue weighted by atomic mass is 16.4. The largest absolute Gasteiger partial charge is 0.481 e. The minimum atomic E-state index is -0.739. The Morgan fingerprint density at radius 1 is 1.18 bits per heavy atom. The Bertz CT molecular complexity index is 504. The van der Waals surface area contributed by atoms with Gasteiger partial charge in [0.15, 0.2) is 0 Å². The van der Waals surface area contributed by atoms with Crippen LogP contribution in [-0.4, -0.2) is 35.0 Å². The molecule has 4 nitrogen and oxygen atoms in total. The van der Waals surface area contributed by atoms with Gasteiger partial charge in [0.1, 0.15) is 0 Å². The van der Waals surface area contributed by atoms with Crippen LogP contribution in [0.3, 0.4) is 0 Å². The summed E-state index contributed by atoms with van der Waals surface area (Å²) in [5.74, 6) is -0.282. The minimum Gasteiger partial charge on any atom is -0.481 e. The third-order valence-corrected chi connectivity index (χ3v) is 4.62. The fourth-order valence-electron chi connectivity index (χ4n) is 3.13. The molecular weight excluding hydrogens is 278 g/mol. The molecule has 120 valence electrons. The van der Waals surface area contributed by atoms with E-state index in [2.05, 4.69) is 26.0 Å². The number of carbonyl (C=O) groups excluding carboxylic acids is 1. The molecule has 1 aromatic rings. The van der Waals surface area contributed by atoms with Gasteiger partial charge in [-0.05, 0) is 30.2 Å².